The molecule has 0 heterocycles. The van der Waals surface area contributed by atoms with Gasteiger partial charge in [-0.2, -0.15) is 0 Å². The van der Waals surface area contributed by atoms with Crippen molar-refractivity contribution in [1.82, 2.24) is 5.32 Å². The van der Waals surface area contributed by atoms with Gasteiger partial charge in [0.25, 0.3) is 0 Å². The van der Waals surface area contributed by atoms with E-state index in [1.54, 1.807) is 12.1 Å². The molecule has 0 aromatic heterocycles. The van der Waals surface area contributed by atoms with Gasteiger partial charge in [-0.1, -0.05) is 29.3 Å². The average Bonchev–Trinajstić information content (AvgIpc) is 2.28. The highest BCUT2D eigenvalue weighted by Crippen LogP contribution is 2.20. The van der Waals surface area contributed by atoms with Crippen LogP contribution in [0.15, 0.2) is 22.7 Å². The molecule has 0 aliphatic carbocycles. The molecule has 0 aliphatic rings. The monoisotopic (exact) mass is 287 g/mol. The van der Waals surface area contributed by atoms with Crippen molar-refractivity contribution in [3.63, 3.8) is 0 Å². The van der Waals surface area contributed by atoms with Crippen molar-refractivity contribution in [2.24, 2.45) is 0 Å². The van der Waals surface area contributed by atoms with Gasteiger partial charge in [0.15, 0.2) is 0 Å². The largest absolute Gasteiger partial charge is 0.317 e. The molecular formula is C13H19BrFN. The summed E-state index contributed by atoms with van der Waals surface area (Å²) in [5, 5.41) is 3.30. The van der Waals surface area contributed by atoms with E-state index >= 15 is 0 Å². The van der Waals surface area contributed by atoms with Gasteiger partial charge < -0.3 is 5.32 Å². The molecule has 0 fully saturated rings. The highest BCUT2D eigenvalue weighted by Gasteiger charge is 2.07. The SMILES string of the molecule is CCCC(CCc1cc(F)ccc1Br)NC. The summed E-state index contributed by atoms with van der Waals surface area (Å²) in [6.07, 6.45) is 4.30. The fourth-order valence-electron chi connectivity index (χ4n) is 1.85. The van der Waals surface area contributed by atoms with Crippen LogP contribution in [0.2, 0.25) is 0 Å². The molecule has 1 nitrogen and oxygen atoms in total. The van der Waals surface area contributed by atoms with E-state index in [0.717, 1.165) is 22.9 Å². The van der Waals surface area contributed by atoms with Crippen LogP contribution in [0.25, 0.3) is 0 Å². The van der Waals surface area contributed by atoms with Crippen LogP contribution in [0.1, 0.15) is 31.7 Å². The summed E-state index contributed by atoms with van der Waals surface area (Å²) in [5.41, 5.74) is 1.05. The van der Waals surface area contributed by atoms with Crippen molar-refractivity contribution in [2.45, 2.75) is 38.6 Å². The van der Waals surface area contributed by atoms with Gasteiger partial charge in [0, 0.05) is 10.5 Å². The summed E-state index contributed by atoms with van der Waals surface area (Å²) >= 11 is 3.45. The Bertz CT molecular complexity index is 328. The van der Waals surface area contributed by atoms with Crippen LogP contribution in [-0.2, 0) is 6.42 Å². The Labute approximate surface area is 106 Å². The van der Waals surface area contributed by atoms with Crippen molar-refractivity contribution in [2.75, 3.05) is 7.05 Å². The molecule has 90 valence electrons. The zero-order valence-electron chi connectivity index (χ0n) is 9.89. The van der Waals surface area contributed by atoms with Crippen molar-refractivity contribution < 1.29 is 4.39 Å². The third-order valence-electron chi connectivity index (χ3n) is 2.82. The fraction of sp³-hybridized carbons (Fsp3) is 0.538. The first-order chi connectivity index (χ1) is 7.67. The minimum absolute atomic E-state index is 0.158. The van der Waals surface area contributed by atoms with Crippen LogP contribution in [-0.4, -0.2) is 13.1 Å². The molecule has 16 heavy (non-hydrogen) atoms. The van der Waals surface area contributed by atoms with E-state index in [0.29, 0.717) is 6.04 Å². The van der Waals surface area contributed by atoms with E-state index in [2.05, 4.69) is 28.2 Å². The van der Waals surface area contributed by atoms with Gasteiger partial charge in [-0.05, 0) is 50.1 Å². The van der Waals surface area contributed by atoms with Crippen LogP contribution in [0.4, 0.5) is 4.39 Å². The lowest BCUT2D eigenvalue weighted by Gasteiger charge is -2.15. The molecule has 3 heteroatoms. The number of aryl methyl sites for hydroxylation is 1. The maximum atomic E-state index is 13.1. The van der Waals surface area contributed by atoms with Crippen LogP contribution >= 0.6 is 15.9 Å². The number of hydrogen-bond acceptors (Lipinski definition) is 1. The Kier molecular flexibility index (Phi) is 5.99. The quantitative estimate of drug-likeness (QED) is 0.837. The second-order valence-corrected chi connectivity index (χ2v) is 4.90. The normalized spacial score (nSPS) is 12.8. The molecule has 1 N–H and O–H groups in total. The molecule has 1 aromatic rings. The predicted molar refractivity (Wildman–Crippen MR) is 70.2 cm³/mol. The van der Waals surface area contributed by atoms with E-state index in [1.807, 2.05) is 7.05 Å². The van der Waals surface area contributed by atoms with E-state index in [-0.39, 0.29) is 5.82 Å². The highest BCUT2D eigenvalue weighted by atomic mass is 79.9. The Hall–Kier alpha value is -0.410. The maximum Gasteiger partial charge on any atom is 0.123 e. The second kappa shape index (κ2) is 7.02. The standard InChI is InChI=1S/C13H19BrFN/c1-3-4-12(16-2)7-5-10-9-11(15)6-8-13(10)14/h6,8-9,12,16H,3-5,7H2,1-2H3. The number of halogens is 2. The third kappa shape index (κ3) is 4.22. The van der Waals surface area contributed by atoms with Crippen LogP contribution in [0.5, 0.6) is 0 Å². The Morgan fingerprint density at radius 1 is 1.38 bits per heavy atom. The smallest absolute Gasteiger partial charge is 0.123 e. The van der Waals surface area contributed by atoms with Gasteiger partial charge >= 0.3 is 0 Å². The van der Waals surface area contributed by atoms with Crippen molar-refractivity contribution >= 4 is 15.9 Å². The van der Waals surface area contributed by atoms with E-state index in [4.69, 9.17) is 0 Å². The number of hydrogen-bond donors (Lipinski definition) is 1. The maximum absolute atomic E-state index is 13.1. The molecule has 0 radical (unpaired) electrons. The summed E-state index contributed by atoms with van der Waals surface area (Å²) in [4.78, 5) is 0. The minimum Gasteiger partial charge on any atom is -0.317 e. The third-order valence-corrected chi connectivity index (χ3v) is 3.59. The van der Waals surface area contributed by atoms with Gasteiger partial charge in [0.1, 0.15) is 5.82 Å². The number of nitrogens with one attached hydrogen (secondary N) is 1. The molecule has 0 bridgehead atoms. The predicted octanol–water partition coefficient (Wildman–Crippen LogP) is 3.91. The zero-order chi connectivity index (χ0) is 12.0. The van der Waals surface area contributed by atoms with Crippen molar-refractivity contribution in [1.29, 1.82) is 0 Å². The van der Waals surface area contributed by atoms with Crippen LogP contribution in [0.3, 0.4) is 0 Å². The molecule has 1 rings (SSSR count). The number of rotatable bonds is 6. The molecule has 0 saturated carbocycles. The van der Waals surface area contributed by atoms with Crippen molar-refractivity contribution in [3.05, 3.63) is 34.1 Å². The van der Waals surface area contributed by atoms with E-state index < -0.39 is 0 Å². The first-order valence-electron chi connectivity index (χ1n) is 5.78. The summed E-state index contributed by atoms with van der Waals surface area (Å²) in [7, 11) is 1.99. The van der Waals surface area contributed by atoms with Gasteiger partial charge in [0.2, 0.25) is 0 Å². The molecule has 1 atom stereocenters. The lowest BCUT2D eigenvalue weighted by molar-refractivity contribution is 0.483. The highest BCUT2D eigenvalue weighted by molar-refractivity contribution is 9.10. The Morgan fingerprint density at radius 3 is 2.75 bits per heavy atom. The summed E-state index contributed by atoms with van der Waals surface area (Å²) in [6.45, 7) is 2.18. The lowest BCUT2D eigenvalue weighted by atomic mass is 10.0. The second-order valence-electron chi connectivity index (χ2n) is 4.05. The van der Waals surface area contributed by atoms with Crippen molar-refractivity contribution in [3.8, 4) is 0 Å². The molecule has 0 aliphatic heterocycles. The molecule has 1 aromatic carbocycles. The van der Waals surface area contributed by atoms with Gasteiger partial charge in [-0.3, -0.25) is 0 Å². The van der Waals surface area contributed by atoms with Gasteiger partial charge in [0.05, 0.1) is 0 Å². The molecule has 1 unspecified atom stereocenters. The molecule has 0 spiro atoms. The lowest BCUT2D eigenvalue weighted by Crippen LogP contribution is -2.25. The first-order valence-corrected chi connectivity index (χ1v) is 6.57. The fourth-order valence-corrected chi connectivity index (χ4v) is 2.29. The van der Waals surface area contributed by atoms with Crippen LogP contribution < -0.4 is 5.32 Å². The van der Waals surface area contributed by atoms with Crippen LogP contribution in [0, 0.1) is 5.82 Å². The zero-order valence-corrected chi connectivity index (χ0v) is 11.5. The van der Waals surface area contributed by atoms with Gasteiger partial charge in [-0.15, -0.1) is 0 Å². The first kappa shape index (κ1) is 13.7. The summed E-state index contributed by atoms with van der Waals surface area (Å²) in [5.74, 6) is -0.158. The molecule has 0 saturated heterocycles. The minimum atomic E-state index is -0.158. The Balaban J connectivity index is 2.55. The summed E-state index contributed by atoms with van der Waals surface area (Å²) in [6, 6.07) is 5.40. The summed E-state index contributed by atoms with van der Waals surface area (Å²) < 4.78 is 14.1. The topological polar surface area (TPSA) is 12.0 Å². The molecular weight excluding hydrogens is 269 g/mol. The number of benzene rings is 1. The van der Waals surface area contributed by atoms with E-state index in [9.17, 15) is 4.39 Å². The average molecular weight is 288 g/mol. The van der Waals surface area contributed by atoms with E-state index in [1.165, 1.54) is 18.9 Å². The Morgan fingerprint density at radius 2 is 2.12 bits per heavy atom. The van der Waals surface area contributed by atoms with Gasteiger partial charge in [-0.25, -0.2) is 4.39 Å². The molecule has 0 amide bonds.